The predicted molar refractivity (Wildman–Crippen MR) is 68.8 cm³/mol. The van der Waals surface area contributed by atoms with Crippen LogP contribution in [0.25, 0.3) is 0 Å². The van der Waals surface area contributed by atoms with Crippen LogP contribution in [-0.2, 0) is 0 Å². The molecule has 1 aromatic rings. The molecule has 6 nitrogen and oxygen atoms in total. The Morgan fingerprint density at radius 2 is 2.18 bits per heavy atom. The summed E-state index contributed by atoms with van der Waals surface area (Å²) in [4.78, 5) is 10.3. The number of hydrazine groups is 1. The minimum atomic E-state index is -0.774. The van der Waals surface area contributed by atoms with Crippen molar-refractivity contribution in [1.82, 2.24) is 9.97 Å². The van der Waals surface area contributed by atoms with E-state index in [4.69, 9.17) is 5.84 Å². The van der Waals surface area contributed by atoms with Gasteiger partial charge >= 0.3 is 0 Å². The molecule has 17 heavy (non-hydrogen) atoms. The van der Waals surface area contributed by atoms with Crippen molar-refractivity contribution in [1.29, 1.82) is 0 Å². The molecule has 0 spiro atoms. The third kappa shape index (κ3) is 3.83. The molecule has 1 heterocycles. The van der Waals surface area contributed by atoms with Gasteiger partial charge in [0.1, 0.15) is 5.82 Å². The highest BCUT2D eigenvalue weighted by atomic mass is 16.3. The molecule has 0 amide bonds. The number of nitrogens with two attached hydrogens (primary N) is 1. The lowest BCUT2D eigenvalue weighted by atomic mass is 10.1. The molecule has 0 saturated carbocycles. The average Bonchev–Trinajstić information content (AvgIpc) is 2.25. The Kier molecular flexibility index (Phi) is 4.25. The van der Waals surface area contributed by atoms with Gasteiger partial charge in [-0.2, -0.15) is 4.98 Å². The third-order valence-corrected chi connectivity index (χ3v) is 2.33. The lowest BCUT2D eigenvalue weighted by Gasteiger charge is -2.30. The van der Waals surface area contributed by atoms with Gasteiger partial charge in [-0.1, -0.05) is 0 Å². The molecular weight excluding hydrogens is 218 g/mol. The van der Waals surface area contributed by atoms with E-state index in [1.807, 2.05) is 18.7 Å². The highest BCUT2D eigenvalue weighted by molar-refractivity contribution is 5.48. The van der Waals surface area contributed by atoms with Crippen LogP contribution in [0.15, 0.2) is 6.20 Å². The van der Waals surface area contributed by atoms with Crippen molar-refractivity contribution in [3.63, 3.8) is 0 Å². The normalized spacial score (nSPS) is 11.4. The Balaban J connectivity index is 3.02. The van der Waals surface area contributed by atoms with Crippen LogP contribution in [0.3, 0.4) is 0 Å². The molecule has 0 bridgehead atoms. The Hall–Kier alpha value is -1.40. The Morgan fingerprint density at radius 3 is 2.65 bits per heavy atom. The van der Waals surface area contributed by atoms with Crippen LogP contribution in [0.2, 0.25) is 0 Å². The maximum Gasteiger partial charge on any atom is 0.239 e. The minimum Gasteiger partial charge on any atom is -0.389 e. The van der Waals surface area contributed by atoms with Crippen LogP contribution < -0.4 is 16.2 Å². The zero-order chi connectivity index (χ0) is 13.1. The summed E-state index contributed by atoms with van der Waals surface area (Å²) < 4.78 is 0. The summed E-state index contributed by atoms with van der Waals surface area (Å²) >= 11 is 0. The highest BCUT2D eigenvalue weighted by Gasteiger charge is 2.20. The number of rotatable bonds is 5. The van der Waals surface area contributed by atoms with Crippen LogP contribution in [-0.4, -0.2) is 33.8 Å². The number of hydrogen-bond donors (Lipinski definition) is 3. The molecule has 96 valence electrons. The molecule has 0 aliphatic carbocycles. The number of aromatic nitrogens is 2. The summed E-state index contributed by atoms with van der Waals surface area (Å²) in [6.07, 6.45) is 1.71. The fourth-order valence-corrected chi connectivity index (χ4v) is 1.63. The number of anilines is 2. The van der Waals surface area contributed by atoms with E-state index in [9.17, 15) is 5.11 Å². The first-order valence-corrected chi connectivity index (χ1v) is 5.65. The summed E-state index contributed by atoms with van der Waals surface area (Å²) in [5.74, 6) is 6.46. The second-order valence-corrected chi connectivity index (χ2v) is 4.67. The summed E-state index contributed by atoms with van der Waals surface area (Å²) in [6, 6.07) is 0. The summed E-state index contributed by atoms with van der Waals surface area (Å²) in [7, 11) is 0. The van der Waals surface area contributed by atoms with Gasteiger partial charge in [-0.25, -0.2) is 10.8 Å². The predicted octanol–water partition coefficient (Wildman–Crippen LogP) is 0.668. The highest BCUT2D eigenvalue weighted by Crippen LogP contribution is 2.19. The molecule has 0 radical (unpaired) electrons. The molecule has 0 unspecified atom stereocenters. The average molecular weight is 239 g/mol. The zero-order valence-electron chi connectivity index (χ0n) is 10.9. The topological polar surface area (TPSA) is 87.3 Å². The third-order valence-electron chi connectivity index (χ3n) is 2.33. The molecule has 1 aromatic heterocycles. The monoisotopic (exact) mass is 239 g/mol. The van der Waals surface area contributed by atoms with Gasteiger partial charge in [0, 0.05) is 24.8 Å². The Labute approximate surface area is 102 Å². The Bertz CT molecular complexity index is 375. The van der Waals surface area contributed by atoms with E-state index in [2.05, 4.69) is 15.4 Å². The summed E-state index contributed by atoms with van der Waals surface area (Å²) in [5, 5.41) is 9.87. The first kappa shape index (κ1) is 13.7. The van der Waals surface area contributed by atoms with E-state index in [1.165, 1.54) is 0 Å². The summed E-state index contributed by atoms with van der Waals surface area (Å²) in [5.41, 5.74) is 2.60. The number of aliphatic hydroxyl groups is 1. The SMILES string of the molecule is CCN(CC(C)(C)O)c1nc(NN)ncc1C. The molecule has 0 atom stereocenters. The fraction of sp³-hybridized carbons (Fsp3) is 0.636. The lowest BCUT2D eigenvalue weighted by Crippen LogP contribution is -2.39. The number of nitrogen functional groups attached to an aromatic ring is 1. The van der Waals surface area contributed by atoms with Crippen LogP contribution in [0.4, 0.5) is 11.8 Å². The van der Waals surface area contributed by atoms with Gasteiger partial charge < -0.3 is 10.0 Å². The van der Waals surface area contributed by atoms with Gasteiger partial charge in [0.15, 0.2) is 0 Å². The van der Waals surface area contributed by atoms with Crippen LogP contribution >= 0.6 is 0 Å². The van der Waals surface area contributed by atoms with Gasteiger partial charge in [-0.05, 0) is 27.7 Å². The van der Waals surface area contributed by atoms with Crippen molar-refractivity contribution in [2.24, 2.45) is 5.84 Å². The van der Waals surface area contributed by atoms with E-state index < -0.39 is 5.60 Å². The van der Waals surface area contributed by atoms with Crippen LogP contribution in [0.1, 0.15) is 26.3 Å². The van der Waals surface area contributed by atoms with Crippen molar-refractivity contribution < 1.29 is 5.11 Å². The molecular formula is C11H21N5O. The maximum absolute atomic E-state index is 9.87. The van der Waals surface area contributed by atoms with Crippen molar-refractivity contribution in [3.05, 3.63) is 11.8 Å². The van der Waals surface area contributed by atoms with Gasteiger partial charge in [0.25, 0.3) is 0 Å². The van der Waals surface area contributed by atoms with Crippen LogP contribution in [0.5, 0.6) is 0 Å². The Morgan fingerprint density at radius 1 is 1.53 bits per heavy atom. The molecule has 0 aliphatic rings. The van der Waals surface area contributed by atoms with Crippen molar-refractivity contribution in [3.8, 4) is 0 Å². The van der Waals surface area contributed by atoms with E-state index in [0.29, 0.717) is 12.5 Å². The van der Waals surface area contributed by atoms with Gasteiger partial charge in [-0.15, -0.1) is 0 Å². The number of likely N-dealkylation sites (N-methyl/N-ethyl adjacent to an activating group) is 1. The van der Waals surface area contributed by atoms with Gasteiger partial charge in [0.05, 0.1) is 5.60 Å². The molecule has 0 aliphatic heterocycles. The van der Waals surface area contributed by atoms with Crippen molar-refractivity contribution in [2.45, 2.75) is 33.3 Å². The van der Waals surface area contributed by atoms with E-state index in [1.54, 1.807) is 20.0 Å². The van der Waals surface area contributed by atoms with Crippen molar-refractivity contribution in [2.75, 3.05) is 23.4 Å². The first-order chi connectivity index (χ1) is 7.87. The number of nitrogens with one attached hydrogen (secondary N) is 1. The van der Waals surface area contributed by atoms with E-state index >= 15 is 0 Å². The van der Waals surface area contributed by atoms with E-state index in [0.717, 1.165) is 17.9 Å². The smallest absolute Gasteiger partial charge is 0.239 e. The van der Waals surface area contributed by atoms with Crippen LogP contribution in [0, 0.1) is 6.92 Å². The molecule has 0 fully saturated rings. The van der Waals surface area contributed by atoms with Gasteiger partial charge in [-0.3, -0.25) is 5.43 Å². The lowest BCUT2D eigenvalue weighted by molar-refractivity contribution is 0.0874. The largest absolute Gasteiger partial charge is 0.389 e. The van der Waals surface area contributed by atoms with Crippen molar-refractivity contribution >= 4 is 11.8 Å². The first-order valence-electron chi connectivity index (χ1n) is 5.65. The molecule has 0 aromatic carbocycles. The fourth-order valence-electron chi connectivity index (χ4n) is 1.63. The number of hydrogen-bond acceptors (Lipinski definition) is 6. The second-order valence-electron chi connectivity index (χ2n) is 4.67. The molecule has 0 saturated heterocycles. The molecule has 6 heteroatoms. The second kappa shape index (κ2) is 5.29. The standard InChI is InChI=1S/C11H21N5O/c1-5-16(7-11(3,4)17)9-8(2)6-13-10(14-9)15-12/h6,17H,5,7,12H2,1-4H3,(H,13,14,15). The number of aryl methyl sites for hydroxylation is 1. The number of nitrogens with zero attached hydrogens (tertiary/aromatic N) is 3. The quantitative estimate of drug-likeness (QED) is 0.517. The molecule has 1 rings (SSSR count). The summed E-state index contributed by atoms with van der Waals surface area (Å²) in [6.45, 7) is 8.76. The van der Waals surface area contributed by atoms with E-state index in [-0.39, 0.29) is 0 Å². The zero-order valence-corrected chi connectivity index (χ0v) is 10.9. The maximum atomic E-state index is 9.87. The minimum absolute atomic E-state index is 0.375. The van der Waals surface area contributed by atoms with Gasteiger partial charge in [0.2, 0.25) is 5.95 Å². The molecule has 4 N–H and O–H groups in total.